The number of nitrogens with one attached hydrogen (secondary N) is 2. The van der Waals surface area contributed by atoms with E-state index in [4.69, 9.17) is 4.52 Å². The number of hydrogen-bond acceptors (Lipinski definition) is 8. The molecule has 0 spiro atoms. The average molecular weight is 404 g/mol. The number of anilines is 1. The van der Waals surface area contributed by atoms with Gasteiger partial charge in [-0.05, 0) is 26.0 Å². The highest BCUT2D eigenvalue weighted by molar-refractivity contribution is 5.93. The summed E-state index contributed by atoms with van der Waals surface area (Å²) in [6.45, 7) is 4.60. The van der Waals surface area contributed by atoms with Gasteiger partial charge in [-0.15, -0.1) is 0 Å². The SMILES string of the molecule is Cc1nc(NCCNC(=O)c2cc(-c3cccnc3)on2)cc(-n2ccnc2C)n1. The largest absolute Gasteiger partial charge is 0.368 e. The van der Waals surface area contributed by atoms with Crippen LogP contribution in [0.5, 0.6) is 0 Å². The molecule has 0 fully saturated rings. The molecule has 4 aromatic rings. The van der Waals surface area contributed by atoms with Gasteiger partial charge in [0.1, 0.15) is 23.3 Å². The van der Waals surface area contributed by atoms with Crippen LogP contribution in [0, 0.1) is 13.8 Å². The second-order valence-corrected chi connectivity index (χ2v) is 6.50. The van der Waals surface area contributed by atoms with Crippen molar-refractivity contribution >= 4 is 11.7 Å². The Bertz CT molecular complexity index is 1150. The maximum Gasteiger partial charge on any atom is 0.273 e. The average Bonchev–Trinajstić information content (AvgIpc) is 3.41. The summed E-state index contributed by atoms with van der Waals surface area (Å²) in [6.07, 6.45) is 6.88. The van der Waals surface area contributed by atoms with Gasteiger partial charge < -0.3 is 15.2 Å². The summed E-state index contributed by atoms with van der Waals surface area (Å²) in [5, 5.41) is 9.82. The van der Waals surface area contributed by atoms with Crippen molar-refractivity contribution in [3.05, 3.63) is 66.4 Å². The van der Waals surface area contributed by atoms with Crippen LogP contribution in [0.4, 0.5) is 5.82 Å². The fourth-order valence-electron chi connectivity index (χ4n) is 2.87. The Hall–Kier alpha value is -4.08. The summed E-state index contributed by atoms with van der Waals surface area (Å²) in [6, 6.07) is 7.05. The molecule has 0 saturated carbocycles. The lowest BCUT2D eigenvalue weighted by atomic mass is 10.2. The molecule has 4 rings (SSSR count). The van der Waals surface area contributed by atoms with E-state index >= 15 is 0 Å². The molecule has 0 aliphatic rings. The first-order chi connectivity index (χ1) is 14.6. The van der Waals surface area contributed by atoms with Gasteiger partial charge in [-0.1, -0.05) is 5.16 Å². The highest BCUT2D eigenvalue weighted by Gasteiger charge is 2.13. The molecule has 4 heterocycles. The van der Waals surface area contributed by atoms with Crippen molar-refractivity contribution in [1.29, 1.82) is 0 Å². The number of carbonyl (C=O) groups is 1. The Kier molecular flexibility index (Phi) is 5.46. The molecule has 2 N–H and O–H groups in total. The minimum atomic E-state index is -0.315. The van der Waals surface area contributed by atoms with E-state index in [0.717, 1.165) is 17.2 Å². The van der Waals surface area contributed by atoms with Crippen LogP contribution in [-0.2, 0) is 0 Å². The van der Waals surface area contributed by atoms with Crippen LogP contribution in [0.1, 0.15) is 22.1 Å². The van der Waals surface area contributed by atoms with E-state index in [1.54, 1.807) is 30.7 Å². The summed E-state index contributed by atoms with van der Waals surface area (Å²) >= 11 is 0. The van der Waals surface area contributed by atoms with Gasteiger partial charge in [-0.2, -0.15) is 0 Å². The summed E-state index contributed by atoms with van der Waals surface area (Å²) in [4.78, 5) is 29.4. The molecule has 0 unspecified atom stereocenters. The molecular formula is C20H20N8O2. The minimum Gasteiger partial charge on any atom is -0.368 e. The predicted octanol–water partition coefficient (Wildman–Crippen LogP) is 2.17. The molecular weight excluding hydrogens is 384 g/mol. The minimum absolute atomic E-state index is 0.213. The van der Waals surface area contributed by atoms with Gasteiger partial charge in [0, 0.05) is 55.6 Å². The summed E-state index contributed by atoms with van der Waals surface area (Å²) < 4.78 is 7.11. The normalized spacial score (nSPS) is 10.7. The Morgan fingerprint density at radius 2 is 2.07 bits per heavy atom. The van der Waals surface area contributed by atoms with E-state index in [-0.39, 0.29) is 11.6 Å². The fraction of sp³-hybridized carbons (Fsp3) is 0.200. The van der Waals surface area contributed by atoms with Crippen molar-refractivity contribution in [2.24, 2.45) is 0 Å². The lowest BCUT2D eigenvalue weighted by Gasteiger charge is -2.10. The first-order valence-electron chi connectivity index (χ1n) is 9.35. The molecule has 10 nitrogen and oxygen atoms in total. The number of aromatic nitrogens is 6. The van der Waals surface area contributed by atoms with Crippen molar-refractivity contribution in [2.75, 3.05) is 18.4 Å². The van der Waals surface area contributed by atoms with Crippen LogP contribution >= 0.6 is 0 Å². The van der Waals surface area contributed by atoms with Gasteiger partial charge >= 0.3 is 0 Å². The number of nitrogens with zero attached hydrogens (tertiary/aromatic N) is 6. The van der Waals surface area contributed by atoms with Crippen molar-refractivity contribution in [3.63, 3.8) is 0 Å². The van der Waals surface area contributed by atoms with E-state index in [0.29, 0.717) is 30.5 Å². The third kappa shape index (κ3) is 4.32. The zero-order chi connectivity index (χ0) is 20.9. The number of aryl methyl sites for hydroxylation is 2. The van der Waals surface area contributed by atoms with Gasteiger partial charge in [-0.25, -0.2) is 15.0 Å². The fourth-order valence-corrected chi connectivity index (χ4v) is 2.87. The highest BCUT2D eigenvalue weighted by atomic mass is 16.5. The standard InChI is InChI=1S/C20H20N8O2/c1-13-25-18(11-19(26-13)28-9-8-22-14(28)2)23-6-7-24-20(29)16-10-17(30-27-16)15-4-3-5-21-12-15/h3-5,8-12H,6-7H2,1-2H3,(H,24,29)(H,23,25,26). The molecule has 0 atom stereocenters. The third-order valence-corrected chi connectivity index (χ3v) is 4.30. The highest BCUT2D eigenvalue weighted by Crippen LogP contribution is 2.18. The third-order valence-electron chi connectivity index (χ3n) is 4.30. The van der Waals surface area contributed by atoms with Crippen LogP contribution in [0.15, 0.2) is 53.6 Å². The van der Waals surface area contributed by atoms with Gasteiger partial charge in [0.15, 0.2) is 11.5 Å². The van der Waals surface area contributed by atoms with Crippen LogP contribution in [0.2, 0.25) is 0 Å². The first-order valence-corrected chi connectivity index (χ1v) is 9.35. The Morgan fingerprint density at radius 3 is 2.83 bits per heavy atom. The van der Waals surface area contributed by atoms with Gasteiger partial charge in [0.2, 0.25) is 0 Å². The number of rotatable bonds is 7. The maximum absolute atomic E-state index is 12.3. The lowest BCUT2D eigenvalue weighted by molar-refractivity contribution is 0.0946. The number of amides is 1. The van der Waals surface area contributed by atoms with E-state index in [2.05, 4.69) is 35.7 Å². The number of hydrogen-bond donors (Lipinski definition) is 2. The summed E-state index contributed by atoms with van der Waals surface area (Å²) in [5.74, 6) is 3.05. The Morgan fingerprint density at radius 1 is 1.17 bits per heavy atom. The molecule has 4 aromatic heterocycles. The molecule has 0 aromatic carbocycles. The molecule has 0 aliphatic heterocycles. The predicted molar refractivity (Wildman–Crippen MR) is 109 cm³/mol. The van der Waals surface area contributed by atoms with Crippen molar-refractivity contribution in [2.45, 2.75) is 13.8 Å². The van der Waals surface area contributed by atoms with E-state index in [9.17, 15) is 4.79 Å². The topological polar surface area (TPSA) is 124 Å². The molecule has 1 amide bonds. The van der Waals surface area contributed by atoms with Crippen LogP contribution in [-0.4, -0.2) is 48.7 Å². The molecule has 152 valence electrons. The second kappa shape index (κ2) is 8.52. The van der Waals surface area contributed by atoms with Crippen LogP contribution in [0.3, 0.4) is 0 Å². The van der Waals surface area contributed by atoms with Crippen LogP contribution < -0.4 is 10.6 Å². The van der Waals surface area contributed by atoms with Crippen molar-refractivity contribution < 1.29 is 9.32 Å². The van der Waals surface area contributed by atoms with Gasteiger partial charge in [-0.3, -0.25) is 14.3 Å². The van der Waals surface area contributed by atoms with E-state index in [1.165, 1.54) is 0 Å². The van der Waals surface area contributed by atoms with E-state index in [1.807, 2.05) is 36.7 Å². The van der Waals surface area contributed by atoms with Gasteiger partial charge in [0.25, 0.3) is 5.91 Å². The Balaban J connectivity index is 1.32. The Labute approximate surface area is 172 Å². The molecule has 10 heteroatoms. The van der Waals surface area contributed by atoms with Crippen LogP contribution in [0.25, 0.3) is 17.1 Å². The monoisotopic (exact) mass is 404 g/mol. The molecule has 0 bridgehead atoms. The van der Waals surface area contributed by atoms with Crippen molar-refractivity contribution in [3.8, 4) is 17.1 Å². The first kappa shape index (κ1) is 19.2. The second-order valence-electron chi connectivity index (χ2n) is 6.50. The maximum atomic E-state index is 12.3. The summed E-state index contributed by atoms with van der Waals surface area (Å²) in [5.41, 5.74) is 0.971. The number of carbonyl (C=O) groups excluding carboxylic acids is 1. The van der Waals surface area contributed by atoms with Crippen molar-refractivity contribution in [1.82, 2.24) is 35.0 Å². The number of pyridine rings is 1. The molecule has 30 heavy (non-hydrogen) atoms. The summed E-state index contributed by atoms with van der Waals surface area (Å²) in [7, 11) is 0. The van der Waals surface area contributed by atoms with E-state index < -0.39 is 0 Å². The molecule has 0 aliphatic carbocycles. The van der Waals surface area contributed by atoms with Gasteiger partial charge in [0.05, 0.1) is 0 Å². The zero-order valence-corrected chi connectivity index (χ0v) is 16.5. The lowest BCUT2D eigenvalue weighted by Crippen LogP contribution is -2.29. The zero-order valence-electron chi connectivity index (χ0n) is 16.5. The molecule has 0 saturated heterocycles. The molecule has 0 radical (unpaired) electrons. The smallest absolute Gasteiger partial charge is 0.273 e. The number of imidazole rings is 1. The quantitative estimate of drug-likeness (QED) is 0.449.